The highest BCUT2D eigenvalue weighted by Gasteiger charge is 2.07. The zero-order valence-electron chi connectivity index (χ0n) is 6.90. The van der Waals surface area contributed by atoms with E-state index in [1.54, 1.807) is 18.3 Å². The molecule has 0 radical (unpaired) electrons. The summed E-state index contributed by atoms with van der Waals surface area (Å²) in [7, 11) is 0. The largest absolute Gasteiger partial charge is 0.288 e. The second kappa shape index (κ2) is 3.23. The van der Waals surface area contributed by atoms with Crippen LogP contribution in [0, 0.1) is 0 Å². The summed E-state index contributed by atoms with van der Waals surface area (Å²) in [5, 5.41) is 6.33. The van der Waals surface area contributed by atoms with Crippen LogP contribution in [-0.2, 0) is 0 Å². The Bertz CT molecular complexity index is 392. The van der Waals surface area contributed by atoms with Gasteiger partial charge in [0.05, 0.1) is 11.8 Å². The smallest absolute Gasteiger partial charge is 0.196 e. The summed E-state index contributed by atoms with van der Waals surface area (Å²) >= 11 is 0. The summed E-state index contributed by atoms with van der Waals surface area (Å²) < 4.78 is 0. The maximum atomic E-state index is 11.6. The lowest BCUT2D eigenvalue weighted by Crippen LogP contribution is -1.98. The van der Waals surface area contributed by atoms with E-state index in [4.69, 9.17) is 0 Å². The number of aromatic nitrogens is 2. The van der Waals surface area contributed by atoms with Gasteiger partial charge in [-0.15, -0.1) is 0 Å². The standard InChI is InChI=1S/C10H8N2O/c13-10(9-6-11-12-7-9)8-4-2-1-3-5-8/h1-7H,(H,11,12). The van der Waals surface area contributed by atoms with E-state index >= 15 is 0 Å². The molecule has 0 aliphatic rings. The molecule has 2 rings (SSSR count). The first-order valence-electron chi connectivity index (χ1n) is 3.96. The van der Waals surface area contributed by atoms with Crippen LogP contribution in [0.4, 0.5) is 0 Å². The Morgan fingerprint density at radius 1 is 1.15 bits per heavy atom. The van der Waals surface area contributed by atoms with E-state index in [0.717, 1.165) is 0 Å². The Hall–Kier alpha value is -1.90. The van der Waals surface area contributed by atoms with Crippen molar-refractivity contribution in [3.05, 3.63) is 53.9 Å². The van der Waals surface area contributed by atoms with Gasteiger partial charge >= 0.3 is 0 Å². The molecule has 13 heavy (non-hydrogen) atoms. The average Bonchev–Trinajstić information content (AvgIpc) is 2.71. The number of aromatic amines is 1. The van der Waals surface area contributed by atoms with Gasteiger partial charge in [0.2, 0.25) is 0 Å². The summed E-state index contributed by atoms with van der Waals surface area (Å²) in [5.41, 5.74) is 1.27. The topological polar surface area (TPSA) is 45.8 Å². The minimum atomic E-state index is -0.00523. The molecular formula is C10H8N2O. The average molecular weight is 172 g/mol. The van der Waals surface area contributed by atoms with Crippen molar-refractivity contribution in [2.24, 2.45) is 0 Å². The Kier molecular flexibility index (Phi) is 1.92. The molecule has 0 amide bonds. The fourth-order valence-corrected chi connectivity index (χ4v) is 1.13. The number of hydrogen-bond acceptors (Lipinski definition) is 2. The first-order valence-corrected chi connectivity index (χ1v) is 3.96. The Morgan fingerprint density at radius 3 is 2.54 bits per heavy atom. The van der Waals surface area contributed by atoms with Crippen LogP contribution in [-0.4, -0.2) is 16.0 Å². The maximum Gasteiger partial charge on any atom is 0.196 e. The van der Waals surface area contributed by atoms with E-state index in [0.29, 0.717) is 11.1 Å². The van der Waals surface area contributed by atoms with Crippen LogP contribution in [0.5, 0.6) is 0 Å². The number of benzene rings is 1. The molecule has 0 atom stereocenters. The van der Waals surface area contributed by atoms with Crippen molar-refractivity contribution >= 4 is 5.78 Å². The van der Waals surface area contributed by atoms with Gasteiger partial charge in [-0.3, -0.25) is 9.89 Å². The van der Waals surface area contributed by atoms with Gasteiger partial charge in [0.15, 0.2) is 5.78 Å². The van der Waals surface area contributed by atoms with Crippen molar-refractivity contribution < 1.29 is 4.79 Å². The molecule has 3 heteroatoms. The number of hydrogen-bond donors (Lipinski definition) is 1. The van der Waals surface area contributed by atoms with Crippen LogP contribution in [0.3, 0.4) is 0 Å². The Morgan fingerprint density at radius 2 is 1.92 bits per heavy atom. The predicted octanol–water partition coefficient (Wildman–Crippen LogP) is 1.64. The summed E-state index contributed by atoms with van der Waals surface area (Å²) in [6, 6.07) is 9.14. The lowest BCUT2D eigenvalue weighted by Gasteiger charge is -1.95. The van der Waals surface area contributed by atoms with Crippen LogP contribution in [0.2, 0.25) is 0 Å². The van der Waals surface area contributed by atoms with Gasteiger partial charge in [0.1, 0.15) is 0 Å². The normalized spacial score (nSPS) is 9.85. The zero-order valence-corrected chi connectivity index (χ0v) is 6.90. The number of ketones is 1. The molecule has 0 unspecified atom stereocenters. The zero-order chi connectivity index (χ0) is 9.10. The lowest BCUT2D eigenvalue weighted by molar-refractivity contribution is 0.103. The van der Waals surface area contributed by atoms with Gasteiger partial charge in [-0.25, -0.2) is 0 Å². The summed E-state index contributed by atoms with van der Waals surface area (Å²) in [5.74, 6) is -0.00523. The van der Waals surface area contributed by atoms with Crippen LogP contribution >= 0.6 is 0 Å². The van der Waals surface area contributed by atoms with E-state index in [9.17, 15) is 4.79 Å². The van der Waals surface area contributed by atoms with E-state index in [1.807, 2.05) is 18.2 Å². The predicted molar refractivity (Wildman–Crippen MR) is 48.5 cm³/mol. The molecule has 1 N–H and O–H groups in total. The molecule has 2 aromatic rings. The molecule has 0 saturated carbocycles. The molecule has 1 aromatic carbocycles. The van der Waals surface area contributed by atoms with Gasteiger partial charge in [-0.05, 0) is 0 Å². The van der Waals surface area contributed by atoms with Crippen LogP contribution in [0.15, 0.2) is 42.7 Å². The minimum Gasteiger partial charge on any atom is -0.288 e. The molecule has 0 bridgehead atoms. The van der Waals surface area contributed by atoms with Crippen molar-refractivity contribution in [3.63, 3.8) is 0 Å². The van der Waals surface area contributed by atoms with Gasteiger partial charge in [0, 0.05) is 11.8 Å². The second-order valence-corrected chi connectivity index (χ2v) is 2.68. The van der Waals surface area contributed by atoms with Gasteiger partial charge in [-0.2, -0.15) is 5.10 Å². The monoisotopic (exact) mass is 172 g/mol. The number of nitrogens with one attached hydrogen (secondary N) is 1. The SMILES string of the molecule is O=C(c1ccccc1)c1cn[nH]c1. The Labute approximate surface area is 75.4 Å². The minimum absolute atomic E-state index is 0.00523. The lowest BCUT2D eigenvalue weighted by atomic mass is 10.1. The number of nitrogens with zero attached hydrogens (tertiary/aromatic N) is 1. The molecule has 1 heterocycles. The highest BCUT2D eigenvalue weighted by molar-refractivity contribution is 6.08. The van der Waals surface area contributed by atoms with E-state index in [1.165, 1.54) is 6.20 Å². The third-order valence-electron chi connectivity index (χ3n) is 1.80. The van der Waals surface area contributed by atoms with E-state index in [2.05, 4.69) is 10.2 Å². The summed E-state index contributed by atoms with van der Waals surface area (Å²) in [4.78, 5) is 11.6. The number of carbonyl (C=O) groups excluding carboxylic acids is 1. The molecule has 0 spiro atoms. The Balaban J connectivity index is 2.34. The third kappa shape index (κ3) is 1.49. The van der Waals surface area contributed by atoms with Crippen LogP contribution in [0.25, 0.3) is 0 Å². The van der Waals surface area contributed by atoms with Crippen molar-refractivity contribution in [1.29, 1.82) is 0 Å². The quantitative estimate of drug-likeness (QED) is 0.700. The highest BCUT2D eigenvalue weighted by atomic mass is 16.1. The summed E-state index contributed by atoms with van der Waals surface area (Å²) in [6.45, 7) is 0. The van der Waals surface area contributed by atoms with Crippen molar-refractivity contribution in [1.82, 2.24) is 10.2 Å². The number of rotatable bonds is 2. The molecule has 0 aliphatic heterocycles. The van der Waals surface area contributed by atoms with Crippen molar-refractivity contribution in [2.75, 3.05) is 0 Å². The first-order chi connectivity index (χ1) is 6.38. The fraction of sp³-hybridized carbons (Fsp3) is 0. The first kappa shape index (κ1) is 7.73. The van der Waals surface area contributed by atoms with Crippen molar-refractivity contribution in [3.8, 4) is 0 Å². The highest BCUT2D eigenvalue weighted by Crippen LogP contribution is 2.06. The second-order valence-electron chi connectivity index (χ2n) is 2.68. The van der Waals surface area contributed by atoms with Crippen molar-refractivity contribution in [2.45, 2.75) is 0 Å². The van der Waals surface area contributed by atoms with Gasteiger partial charge in [0.25, 0.3) is 0 Å². The third-order valence-corrected chi connectivity index (χ3v) is 1.80. The molecular weight excluding hydrogens is 164 g/mol. The van der Waals surface area contributed by atoms with E-state index < -0.39 is 0 Å². The molecule has 64 valence electrons. The molecule has 0 saturated heterocycles. The number of carbonyl (C=O) groups is 1. The molecule has 0 aliphatic carbocycles. The number of H-pyrrole nitrogens is 1. The van der Waals surface area contributed by atoms with Crippen LogP contribution < -0.4 is 0 Å². The summed E-state index contributed by atoms with van der Waals surface area (Å²) in [6.07, 6.45) is 3.12. The van der Waals surface area contributed by atoms with Gasteiger partial charge < -0.3 is 0 Å². The maximum absolute atomic E-state index is 11.6. The van der Waals surface area contributed by atoms with E-state index in [-0.39, 0.29) is 5.78 Å². The molecule has 0 fully saturated rings. The fourth-order valence-electron chi connectivity index (χ4n) is 1.13. The molecule has 1 aromatic heterocycles. The van der Waals surface area contributed by atoms with Gasteiger partial charge in [-0.1, -0.05) is 30.3 Å². The molecule has 3 nitrogen and oxygen atoms in total. The van der Waals surface area contributed by atoms with Crippen LogP contribution in [0.1, 0.15) is 15.9 Å².